The van der Waals surface area contributed by atoms with Gasteiger partial charge >= 0.3 is 12.1 Å². The van der Waals surface area contributed by atoms with Crippen molar-refractivity contribution >= 4 is 18.0 Å². The number of carbonyl (C=O) groups is 3. The summed E-state index contributed by atoms with van der Waals surface area (Å²) in [6.45, 7) is 0.182. The first-order valence-corrected chi connectivity index (χ1v) is 11.2. The minimum absolute atomic E-state index is 0.0491. The molecule has 0 bridgehead atoms. The molecule has 3 N–H and O–H groups in total. The molecule has 2 unspecified atom stereocenters. The van der Waals surface area contributed by atoms with Gasteiger partial charge in [0.15, 0.2) is 0 Å². The Kier molecular flexibility index (Phi) is 5.12. The number of aliphatic carboxylic acids is 1. The molecule has 166 valence electrons. The average molecular weight is 434 g/mol. The summed E-state index contributed by atoms with van der Waals surface area (Å²) in [4.78, 5) is 36.8. The Morgan fingerprint density at radius 1 is 0.969 bits per heavy atom. The van der Waals surface area contributed by atoms with Crippen LogP contribution in [-0.2, 0) is 14.3 Å². The van der Waals surface area contributed by atoms with Gasteiger partial charge in [-0.25, -0.2) is 4.79 Å². The Labute approximate surface area is 186 Å². The summed E-state index contributed by atoms with van der Waals surface area (Å²) in [5.74, 6) is -1.82. The van der Waals surface area contributed by atoms with E-state index in [0.717, 1.165) is 28.7 Å². The summed E-state index contributed by atoms with van der Waals surface area (Å²) in [5.41, 5.74) is 3.57. The Bertz CT molecular complexity index is 1030. The van der Waals surface area contributed by atoms with Gasteiger partial charge in [-0.05, 0) is 47.9 Å². The second kappa shape index (κ2) is 7.97. The molecule has 2 amide bonds. The molecule has 2 aromatic carbocycles. The number of carboxylic acid groups (broad SMARTS) is 1. The average Bonchev–Trinajstić information content (AvgIpc) is 3.29. The van der Waals surface area contributed by atoms with Gasteiger partial charge in [-0.2, -0.15) is 0 Å². The van der Waals surface area contributed by atoms with Crippen molar-refractivity contribution in [1.82, 2.24) is 10.6 Å². The SMILES string of the molecule is O=C(NC1(C(=O)NC2CCCC2C(=O)O)CC1)OCC1c2ccccc2-c2ccccc21. The highest BCUT2D eigenvalue weighted by atomic mass is 16.5. The molecule has 2 atom stereocenters. The van der Waals surface area contributed by atoms with E-state index in [2.05, 4.69) is 34.9 Å². The summed E-state index contributed by atoms with van der Waals surface area (Å²) in [6.07, 6.45) is 2.40. The first-order valence-electron chi connectivity index (χ1n) is 11.2. The van der Waals surface area contributed by atoms with Crippen LogP contribution in [0.15, 0.2) is 48.5 Å². The van der Waals surface area contributed by atoms with E-state index in [4.69, 9.17) is 4.74 Å². The zero-order chi connectivity index (χ0) is 22.3. The fraction of sp³-hybridized carbons (Fsp3) is 0.400. The maximum atomic E-state index is 12.8. The zero-order valence-corrected chi connectivity index (χ0v) is 17.7. The standard InChI is InChI=1S/C25H26N2O5/c28-22(29)19-10-5-11-21(19)26-23(30)25(12-13-25)27-24(31)32-14-20-17-8-3-1-6-15(17)16-7-2-4-9-18(16)20/h1-4,6-9,19-21H,5,10-14H2,(H,26,30)(H,27,31)(H,28,29). The highest BCUT2D eigenvalue weighted by molar-refractivity contribution is 5.93. The Balaban J connectivity index is 1.21. The highest BCUT2D eigenvalue weighted by Gasteiger charge is 2.53. The minimum atomic E-state index is -0.992. The fourth-order valence-electron chi connectivity index (χ4n) is 5.10. The number of carboxylic acids is 1. The molecule has 2 fully saturated rings. The van der Waals surface area contributed by atoms with Crippen molar-refractivity contribution in [3.8, 4) is 11.1 Å². The molecule has 0 heterocycles. The van der Waals surface area contributed by atoms with Gasteiger partial charge in [-0.1, -0.05) is 55.0 Å². The first kappa shape index (κ1) is 20.5. The lowest BCUT2D eigenvalue weighted by atomic mass is 9.98. The van der Waals surface area contributed by atoms with E-state index in [-0.39, 0.29) is 24.5 Å². The second-order valence-corrected chi connectivity index (χ2v) is 8.99. The largest absolute Gasteiger partial charge is 0.481 e. The van der Waals surface area contributed by atoms with Crippen LogP contribution < -0.4 is 10.6 Å². The molecular formula is C25H26N2O5. The number of rotatable bonds is 6. The maximum Gasteiger partial charge on any atom is 0.408 e. The van der Waals surface area contributed by atoms with Crippen molar-refractivity contribution in [3.63, 3.8) is 0 Å². The van der Waals surface area contributed by atoms with E-state index in [1.807, 2.05) is 24.3 Å². The van der Waals surface area contributed by atoms with Crippen molar-refractivity contribution in [1.29, 1.82) is 0 Å². The third-order valence-electron chi connectivity index (χ3n) is 7.02. The number of benzene rings is 2. The number of hydrogen-bond donors (Lipinski definition) is 3. The maximum absolute atomic E-state index is 12.8. The lowest BCUT2D eigenvalue weighted by Crippen LogP contribution is -2.53. The number of ether oxygens (including phenoxy) is 1. The van der Waals surface area contributed by atoms with Crippen LogP contribution in [0.5, 0.6) is 0 Å². The van der Waals surface area contributed by atoms with Crippen LogP contribution in [0.1, 0.15) is 49.1 Å². The van der Waals surface area contributed by atoms with Crippen LogP contribution in [0.2, 0.25) is 0 Å². The Hall–Kier alpha value is -3.35. The zero-order valence-electron chi connectivity index (χ0n) is 17.7. The van der Waals surface area contributed by atoms with Crippen LogP contribution in [0.25, 0.3) is 11.1 Å². The van der Waals surface area contributed by atoms with Crippen molar-refractivity contribution in [3.05, 3.63) is 59.7 Å². The van der Waals surface area contributed by atoms with Gasteiger partial charge in [-0.15, -0.1) is 0 Å². The van der Waals surface area contributed by atoms with E-state index in [9.17, 15) is 19.5 Å². The number of amides is 2. The van der Waals surface area contributed by atoms with Crippen molar-refractivity contribution < 1.29 is 24.2 Å². The van der Waals surface area contributed by atoms with Crippen LogP contribution in [0.4, 0.5) is 4.79 Å². The molecule has 32 heavy (non-hydrogen) atoms. The molecule has 0 aliphatic heterocycles. The van der Waals surface area contributed by atoms with Gasteiger partial charge < -0.3 is 20.5 Å². The predicted octanol–water partition coefficient (Wildman–Crippen LogP) is 3.43. The third kappa shape index (κ3) is 3.61. The van der Waals surface area contributed by atoms with Crippen LogP contribution >= 0.6 is 0 Å². The van der Waals surface area contributed by atoms with E-state index in [1.165, 1.54) is 0 Å². The minimum Gasteiger partial charge on any atom is -0.481 e. The van der Waals surface area contributed by atoms with Crippen LogP contribution in [-0.4, -0.2) is 41.3 Å². The predicted molar refractivity (Wildman–Crippen MR) is 117 cm³/mol. The molecule has 5 rings (SSSR count). The molecule has 0 radical (unpaired) electrons. The summed E-state index contributed by atoms with van der Waals surface area (Å²) < 4.78 is 5.57. The first-order chi connectivity index (χ1) is 15.5. The van der Waals surface area contributed by atoms with Gasteiger partial charge in [-0.3, -0.25) is 9.59 Å². The van der Waals surface area contributed by atoms with Crippen LogP contribution in [0.3, 0.4) is 0 Å². The molecule has 0 aromatic heterocycles. The molecular weight excluding hydrogens is 408 g/mol. The summed E-state index contributed by atoms with van der Waals surface area (Å²) in [5, 5.41) is 14.9. The van der Waals surface area contributed by atoms with E-state index < -0.39 is 23.5 Å². The van der Waals surface area contributed by atoms with Crippen LogP contribution in [0, 0.1) is 5.92 Å². The van der Waals surface area contributed by atoms with Gasteiger partial charge in [0.2, 0.25) is 5.91 Å². The number of alkyl carbamates (subject to hydrolysis) is 1. The van der Waals surface area contributed by atoms with Gasteiger partial charge in [0.1, 0.15) is 12.1 Å². The number of carbonyl (C=O) groups excluding carboxylic acids is 2. The molecule has 2 saturated carbocycles. The molecule has 7 nitrogen and oxygen atoms in total. The lowest BCUT2D eigenvalue weighted by molar-refractivity contribution is -0.142. The third-order valence-corrected chi connectivity index (χ3v) is 7.02. The van der Waals surface area contributed by atoms with Gasteiger partial charge in [0.25, 0.3) is 0 Å². The lowest BCUT2D eigenvalue weighted by Gasteiger charge is -2.23. The topological polar surface area (TPSA) is 105 Å². The smallest absolute Gasteiger partial charge is 0.408 e. The number of nitrogens with one attached hydrogen (secondary N) is 2. The molecule has 3 aliphatic carbocycles. The fourth-order valence-corrected chi connectivity index (χ4v) is 5.10. The molecule has 2 aromatic rings. The Morgan fingerprint density at radius 2 is 1.59 bits per heavy atom. The Morgan fingerprint density at radius 3 is 2.19 bits per heavy atom. The molecule has 0 spiro atoms. The summed E-state index contributed by atoms with van der Waals surface area (Å²) in [7, 11) is 0. The second-order valence-electron chi connectivity index (χ2n) is 8.99. The highest BCUT2D eigenvalue weighted by Crippen LogP contribution is 2.44. The monoisotopic (exact) mass is 434 g/mol. The van der Waals surface area contributed by atoms with Gasteiger partial charge in [0, 0.05) is 12.0 Å². The van der Waals surface area contributed by atoms with Crippen molar-refractivity contribution in [2.75, 3.05) is 6.61 Å². The van der Waals surface area contributed by atoms with Crippen molar-refractivity contribution in [2.45, 2.75) is 49.6 Å². The summed E-state index contributed by atoms with van der Waals surface area (Å²) >= 11 is 0. The summed E-state index contributed by atoms with van der Waals surface area (Å²) in [6, 6.07) is 15.8. The van der Waals surface area contributed by atoms with Gasteiger partial charge in [0.05, 0.1) is 5.92 Å². The molecule has 7 heteroatoms. The number of fused-ring (bicyclic) bond motifs is 3. The number of hydrogen-bond acceptors (Lipinski definition) is 4. The molecule has 0 saturated heterocycles. The van der Waals surface area contributed by atoms with E-state index in [1.54, 1.807) is 0 Å². The quantitative estimate of drug-likeness (QED) is 0.646. The van der Waals surface area contributed by atoms with Crippen molar-refractivity contribution in [2.24, 2.45) is 5.92 Å². The normalized spacial score (nSPS) is 22.5. The molecule has 3 aliphatic rings. The van der Waals surface area contributed by atoms with E-state index >= 15 is 0 Å². The van der Waals surface area contributed by atoms with E-state index in [0.29, 0.717) is 25.7 Å².